The number of methoxy groups -OCH3 is 3. The largest absolute Gasteiger partial charge is 0.496 e. The van der Waals surface area contributed by atoms with Crippen LogP contribution in [0.5, 0.6) is 17.2 Å². The number of nitrogens with one attached hydrogen (secondary N) is 1. The maximum absolute atomic E-state index is 12.2. The Morgan fingerprint density at radius 2 is 1.64 bits per heavy atom. The molecule has 2 aromatic carbocycles. The third-order valence-corrected chi connectivity index (χ3v) is 3.82. The molecule has 132 valence electrons. The first-order valence-electron chi connectivity index (χ1n) is 7.92. The molecule has 1 atom stereocenters. The van der Waals surface area contributed by atoms with Crippen LogP contribution in [0, 0.1) is 0 Å². The predicted octanol–water partition coefficient (Wildman–Crippen LogP) is 3.60. The van der Waals surface area contributed by atoms with E-state index in [2.05, 4.69) is 5.32 Å². The smallest absolute Gasteiger partial charge is 0.244 e. The van der Waals surface area contributed by atoms with Gasteiger partial charge in [0.25, 0.3) is 0 Å². The van der Waals surface area contributed by atoms with E-state index >= 15 is 0 Å². The van der Waals surface area contributed by atoms with Crippen LogP contribution < -0.4 is 19.5 Å². The molecular weight excluding hydrogens is 318 g/mol. The first-order valence-corrected chi connectivity index (χ1v) is 7.92. The van der Waals surface area contributed by atoms with E-state index in [1.54, 1.807) is 27.4 Å². The molecule has 25 heavy (non-hydrogen) atoms. The molecule has 5 heteroatoms. The molecule has 0 fully saturated rings. The molecule has 0 aliphatic heterocycles. The van der Waals surface area contributed by atoms with Gasteiger partial charge in [-0.05, 0) is 36.8 Å². The lowest BCUT2D eigenvalue weighted by molar-refractivity contribution is -0.117. The molecule has 0 aliphatic rings. The van der Waals surface area contributed by atoms with E-state index in [9.17, 15) is 4.79 Å². The Morgan fingerprint density at radius 3 is 2.32 bits per heavy atom. The van der Waals surface area contributed by atoms with Crippen LogP contribution >= 0.6 is 0 Å². The topological polar surface area (TPSA) is 56.8 Å². The van der Waals surface area contributed by atoms with Gasteiger partial charge in [-0.25, -0.2) is 0 Å². The second-order valence-electron chi connectivity index (χ2n) is 5.42. The number of hydrogen-bond donors (Lipinski definition) is 1. The summed E-state index contributed by atoms with van der Waals surface area (Å²) in [4.78, 5) is 12.2. The molecule has 2 rings (SSSR count). The molecule has 0 spiro atoms. The van der Waals surface area contributed by atoms with E-state index in [1.807, 2.05) is 49.4 Å². The maximum atomic E-state index is 12.2. The Balaban J connectivity index is 2.06. The van der Waals surface area contributed by atoms with Crippen LogP contribution in [0.15, 0.2) is 48.5 Å². The fourth-order valence-electron chi connectivity index (χ4n) is 2.44. The number of carbonyl (C=O) groups is 1. The molecule has 0 heterocycles. The number of benzene rings is 2. The fraction of sp³-hybridized carbons (Fsp3) is 0.250. The highest BCUT2D eigenvalue weighted by Gasteiger charge is 2.11. The molecule has 0 bridgehead atoms. The molecule has 0 saturated heterocycles. The number of hydrogen-bond acceptors (Lipinski definition) is 4. The molecule has 0 unspecified atom stereocenters. The summed E-state index contributed by atoms with van der Waals surface area (Å²) in [5, 5.41) is 2.93. The lowest BCUT2D eigenvalue weighted by atomic mass is 10.1. The van der Waals surface area contributed by atoms with Gasteiger partial charge < -0.3 is 19.5 Å². The monoisotopic (exact) mass is 341 g/mol. The van der Waals surface area contributed by atoms with E-state index in [1.165, 1.54) is 6.08 Å². The van der Waals surface area contributed by atoms with Crippen LogP contribution in [-0.4, -0.2) is 27.2 Å². The Hall–Kier alpha value is -2.95. The maximum Gasteiger partial charge on any atom is 0.244 e. The van der Waals surface area contributed by atoms with E-state index in [4.69, 9.17) is 14.2 Å². The summed E-state index contributed by atoms with van der Waals surface area (Å²) in [5.41, 5.74) is 1.77. The SMILES string of the molecule is COc1ccccc1/C=C/C(=O)N[C@@H](C)c1ccc(OC)c(OC)c1. The average Bonchev–Trinajstić information content (AvgIpc) is 2.65. The summed E-state index contributed by atoms with van der Waals surface area (Å²) in [6.45, 7) is 1.91. The van der Waals surface area contributed by atoms with Crippen LogP contribution in [0.4, 0.5) is 0 Å². The van der Waals surface area contributed by atoms with Crippen molar-refractivity contribution in [2.75, 3.05) is 21.3 Å². The molecule has 0 radical (unpaired) electrons. The van der Waals surface area contributed by atoms with Crippen LogP contribution in [0.3, 0.4) is 0 Å². The summed E-state index contributed by atoms with van der Waals surface area (Å²) in [6.07, 6.45) is 3.23. The molecule has 1 N–H and O–H groups in total. The van der Waals surface area contributed by atoms with Crippen molar-refractivity contribution < 1.29 is 19.0 Å². The van der Waals surface area contributed by atoms with Crippen LogP contribution in [0.2, 0.25) is 0 Å². The second-order valence-corrected chi connectivity index (χ2v) is 5.42. The van der Waals surface area contributed by atoms with Crippen LogP contribution in [0.25, 0.3) is 6.08 Å². The van der Waals surface area contributed by atoms with Gasteiger partial charge in [-0.15, -0.1) is 0 Å². The van der Waals surface area contributed by atoms with Crippen molar-refractivity contribution in [3.63, 3.8) is 0 Å². The highest BCUT2D eigenvalue weighted by molar-refractivity contribution is 5.92. The molecule has 5 nitrogen and oxygen atoms in total. The van der Waals surface area contributed by atoms with E-state index in [0.717, 1.165) is 16.9 Å². The second kappa shape index (κ2) is 8.78. The van der Waals surface area contributed by atoms with Gasteiger partial charge in [0, 0.05) is 11.6 Å². The zero-order valence-electron chi connectivity index (χ0n) is 14.9. The molecular formula is C20H23NO4. The summed E-state index contributed by atoms with van der Waals surface area (Å²) < 4.78 is 15.8. The minimum atomic E-state index is -0.187. The summed E-state index contributed by atoms with van der Waals surface area (Å²) in [6, 6.07) is 12.9. The quantitative estimate of drug-likeness (QED) is 0.782. The van der Waals surface area contributed by atoms with Gasteiger partial charge in [-0.2, -0.15) is 0 Å². The van der Waals surface area contributed by atoms with Crippen molar-refractivity contribution in [1.82, 2.24) is 5.32 Å². The highest BCUT2D eigenvalue weighted by atomic mass is 16.5. The summed E-state index contributed by atoms with van der Waals surface area (Å²) in [5.74, 6) is 1.82. The Morgan fingerprint density at radius 1 is 0.960 bits per heavy atom. The minimum Gasteiger partial charge on any atom is -0.496 e. The number of ether oxygens (including phenoxy) is 3. The van der Waals surface area contributed by atoms with Crippen LogP contribution in [-0.2, 0) is 4.79 Å². The zero-order valence-corrected chi connectivity index (χ0v) is 14.9. The van der Waals surface area contributed by atoms with Crippen molar-refractivity contribution in [2.45, 2.75) is 13.0 Å². The van der Waals surface area contributed by atoms with Crippen LogP contribution in [0.1, 0.15) is 24.1 Å². The van der Waals surface area contributed by atoms with E-state index < -0.39 is 0 Å². The molecule has 0 saturated carbocycles. The predicted molar refractivity (Wildman–Crippen MR) is 98.1 cm³/mol. The molecule has 0 aromatic heterocycles. The minimum absolute atomic E-state index is 0.172. The van der Waals surface area contributed by atoms with Gasteiger partial charge in [0.05, 0.1) is 27.4 Å². The lowest BCUT2D eigenvalue weighted by Gasteiger charge is -2.15. The highest BCUT2D eigenvalue weighted by Crippen LogP contribution is 2.29. The standard InChI is InChI=1S/C20H23NO4/c1-14(16-9-11-18(24-3)19(13-16)25-4)21-20(22)12-10-15-7-5-6-8-17(15)23-2/h5-14H,1-4H3,(H,21,22)/b12-10+/t14-/m0/s1. The van der Waals surface area contributed by atoms with Gasteiger partial charge in [0.15, 0.2) is 11.5 Å². The fourth-order valence-corrected chi connectivity index (χ4v) is 2.44. The molecule has 2 aromatic rings. The number of para-hydroxylation sites is 1. The Bertz CT molecular complexity index is 755. The number of carbonyl (C=O) groups excluding carboxylic acids is 1. The Labute approximate surface area is 148 Å². The summed E-state index contributed by atoms with van der Waals surface area (Å²) in [7, 11) is 4.78. The average molecular weight is 341 g/mol. The lowest BCUT2D eigenvalue weighted by Crippen LogP contribution is -2.24. The normalized spacial score (nSPS) is 11.8. The zero-order chi connectivity index (χ0) is 18.2. The van der Waals surface area contributed by atoms with Crippen molar-refractivity contribution in [3.8, 4) is 17.2 Å². The third kappa shape index (κ3) is 4.76. The van der Waals surface area contributed by atoms with Crippen molar-refractivity contribution >= 4 is 12.0 Å². The van der Waals surface area contributed by atoms with Gasteiger partial charge in [-0.1, -0.05) is 24.3 Å². The molecule has 1 amide bonds. The third-order valence-electron chi connectivity index (χ3n) is 3.82. The van der Waals surface area contributed by atoms with E-state index in [0.29, 0.717) is 11.5 Å². The van der Waals surface area contributed by atoms with Gasteiger partial charge >= 0.3 is 0 Å². The van der Waals surface area contributed by atoms with Gasteiger partial charge in [-0.3, -0.25) is 4.79 Å². The first-order chi connectivity index (χ1) is 12.1. The van der Waals surface area contributed by atoms with Crippen molar-refractivity contribution in [3.05, 3.63) is 59.7 Å². The van der Waals surface area contributed by atoms with Gasteiger partial charge in [0.1, 0.15) is 5.75 Å². The number of amides is 1. The summed E-state index contributed by atoms with van der Waals surface area (Å²) >= 11 is 0. The van der Waals surface area contributed by atoms with Crippen molar-refractivity contribution in [1.29, 1.82) is 0 Å². The number of rotatable bonds is 7. The van der Waals surface area contributed by atoms with Gasteiger partial charge in [0.2, 0.25) is 5.91 Å². The van der Waals surface area contributed by atoms with Crippen molar-refractivity contribution in [2.24, 2.45) is 0 Å². The molecule has 0 aliphatic carbocycles. The Kier molecular flexibility index (Phi) is 6.46. The van der Waals surface area contributed by atoms with E-state index in [-0.39, 0.29) is 11.9 Å². The first kappa shape index (κ1) is 18.4.